The van der Waals surface area contributed by atoms with Crippen LogP contribution < -0.4 is 0 Å². The second-order valence-corrected chi connectivity index (χ2v) is 10.3. The molecule has 1 atom stereocenters. The monoisotopic (exact) mass is 464 g/mol. The highest BCUT2D eigenvalue weighted by Crippen LogP contribution is 2.32. The zero-order valence-electron chi connectivity index (χ0n) is 20.6. The number of carbonyl (C=O) groups is 1. The number of piperidine rings is 1. The summed E-state index contributed by atoms with van der Waals surface area (Å²) in [6, 6.07) is 19.7. The molecule has 0 radical (unpaired) electrons. The largest absolute Gasteiger partial charge is 0.334 e. The number of aliphatic imine (C=N–C) groups is 1. The van der Waals surface area contributed by atoms with E-state index in [0.29, 0.717) is 19.5 Å². The Bertz CT molecular complexity index is 1290. The number of rotatable bonds is 4. The highest BCUT2D eigenvalue weighted by molar-refractivity contribution is 6.15. The lowest BCUT2D eigenvalue weighted by atomic mass is 9.89. The summed E-state index contributed by atoms with van der Waals surface area (Å²) in [6.45, 7) is 8.46. The van der Waals surface area contributed by atoms with Gasteiger partial charge in [0.1, 0.15) is 0 Å². The number of nitrogens with zero attached hydrogens (tertiary/aromatic N) is 4. The van der Waals surface area contributed by atoms with Crippen molar-refractivity contribution in [3.63, 3.8) is 0 Å². The summed E-state index contributed by atoms with van der Waals surface area (Å²) in [5.41, 5.74) is 10.5. The second-order valence-electron chi connectivity index (χ2n) is 10.3. The number of hydrogen-bond donors (Lipinski definition) is 0. The van der Waals surface area contributed by atoms with Crippen LogP contribution in [0, 0.1) is 13.8 Å². The van der Waals surface area contributed by atoms with E-state index < -0.39 is 0 Å². The first kappa shape index (κ1) is 22.2. The maximum absolute atomic E-state index is 13.3. The normalized spacial score (nSPS) is 19.9. The van der Waals surface area contributed by atoms with Crippen LogP contribution in [0.2, 0.25) is 0 Å². The van der Waals surface area contributed by atoms with Crippen LogP contribution in [0.25, 0.3) is 0 Å². The highest BCUT2D eigenvalue weighted by Gasteiger charge is 2.33. The average molecular weight is 465 g/mol. The first-order chi connectivity index (χ1) is 17.0. The molecule has 178 valence electrons. The first-order valence-electron chi connectivity index (χ1n) is 12.7. The van der Waals surface area contributed by atoms with Gasteiger partial charge in [0.25, 0.3) is 0 Å². The Morgan fingerprint density at radius 1 is 0.971 bits per heavy atom. The predicted molar refractivity (Wildman–Crippen MR) is 138 cm³/mol. The number of aryl methyl sites for hydroxylation is 2. The van der Waals surface area contributed by atoms with E-state index in [1.165, 1.54) is 27.8 Å². The molecule has 0 unspecified atom stereocenters. The summed E-state index contributed by atoms with van der Waals surface area (Å²) in [7, 11) is 0. The minimum atomic E-state index is 0.267. The molecule has 0 saturated carbocycles. The van der Waals surface area contributed by atoms with Gasteiger partial charge in [0.2, 0.25) is 5.91 Å². The van der Waals surface area contributed by atoms with E-state index in [0.717, 1.165) is 55.1 Å². The van der Waals surface area contributed by atoms with Crippen LogP contribution in [0.1, 0.15) is 57.6 Å². The fraction of sp³-hybridized carbons (Fsp3) is 0.367. The second kappa shape index (κ2) is 9.04. The molecule has 4 heterocycles. The summed E-state index contributed by atoms with van der Waals surface area (Å²) < 4.78 is 0. The molecule has 0 spiro atoms. The van der Waals surface area contributed by atoms with Crippen LogP contribution in [-0.2, 0) is 30.8 Å². The van der Waals surface area contributed by atoms with Crippen molar-refractivity contribution in [1.29, 1.82) is 0 Å². The SMILES string of the molecule is Cc1cc(C2=NCc3cc4c(cc32)CN([C@H]2CCCN(Cc3ccccc3)C2)C(=O)C4)cc(C)n1. The van der Waals surface area contributed by atoms with Crippen molar-refractivity contribution < 1.29 is 4.79 Å². The molecule has 0 N–H and O–H groups in total. The first-order valence-corrected chi connectivity index (χ1v) is 12.7. The van der Waals surface area contributed by atoms with Gasteiger partial charge in [0, 0.05) is 48.2 Å². The van der Waals surface area contributed by atoms with Gasteiger partial charge in [-0.3, -0.25) is 19.7 Å². The molecule has 35 heavy (non-hydrogen) atoms. The molecule has 6 rings (SSSR count). The van der Waals surface area contributed by atoms with Crippen molar-refractivity contribution in [2.45, 2.75) is 58.8 Å². The van der Waals surface area contributed by atoms with E-state index in [1.807, 2.05) is 13.8 Å². The van der Waals surface area contributed by atoms with Gasteiger partial charge >= 0.3 is 0 Å². The van der Waals surface area contributed by atoms with Gasteiger partial charge in [-0.05, 0) is 73.7 Å². The lowest BCUT2D eigenvalue weighted by Crippen LogP contribution is -2.51. The standard InChI is InChI=1S/C30H32N4O/c1-20-11-24(12-21(2)32-20)30-28-14-26-18-34(29(35)15-23(26)13-25(28)16-31-30)27-9-6-10-33(19-27)17-22-7-4-3-5-8-22/h3-5,7-8,11-14,27H,6,9-10,15-19H2,1-2H3/t27-/m0/s1. The van der Waals surface area contributed by atoms with E-state index >= 15 is 0 Å². The number of benzene rings is 2. The summed E-state index contributed by atoms with van der Waals surface area (Å²) in [4.78, 5) is 27.3. The molecule has 1 aromatic heterocycles. The van der Waals surface area contributed by atoms with Gasteiger partial charge in [-0.25, -0.2) is 0 Å². The van der Waals surface area contributed by atoms with Gasteiger partial charge in [-0.2, -0.15) is 0 Å². The van der Waals surface area contributed by atoms with Crippen molar-refractivity contribution in [3.8, 4) is 0 Å². The van der Waals surface area contributed by atoms with Gasteiger partial charge in [0.15, 0.2) is 0 Å². The van der Waals surface area contributed by atoms with Gasteiger partial charge in [-0.1, -0.05) is 36.4 Å². The molecule has 3 aromatic rings. The summed E-state index contributed by atoms with van der Waals surface area (Å²) in [6.07, 6.45) is 2.72. The zero-order valence-corrected chi connectivity index (χ0v) is 20.6. The van der Waals surface area contributed by atoms with Crippen LogP contribution in [0.5, 0.6) is 0 Å². The Morgan fingerprint density at radius 2 is 1.77 bits per heavy atom. The third kappa shape index (κ3) is 4.41. The van der Waals surface area contributed by atoms with E-state index in [4.69, 9.17) is 4.99 Å². The molecule has 1 amide bonds. The number of carbonyl (C=O) groups excluding carboxylic acids is 1. The molecule has 3 aliphatic heterocycles. The number of aromatic nitrogens is 1. The molecule has 1 fully saturated rings. The molecular weight excluding hydrogens is 432 g/mol. The van der Waals surface area contributed by atoms with Crippen molar-refractivity contribution in [1.82, 2.24) is 14.8 Å². The van der Waals surface area contributed by atoms with Gasteiger partial charge in [-0.15, -0.1) is 0 Å². The summed E-state index contributed by atoms with van der Waals surface area (Å²) in [5, 5.41) is 0. The fourth-order valence-electron chi connectivity index (χ4n) is 6.01. The number of hydrogen-bond acceptors (Lipinski definition) is 4. The van der Waals surface area contributed by atoms with E-state index in [2.05, 4.69) is 69.4 Å². The molecule has 0 bridgehead atoms. The number of likely N-dealkylation sites (tertiary alicyclic amines) is 1. The Morgan fingerprint density at radius 3 is 2.57 bits per heavy atom. The van der Waals surface area contributed by atoms with E-state index in [1.54, 1.807) is 0 Å². The van der Waals surface area contributed by atoms with E-state index in [-0.39, 0.29) is 11.9 Å². The third-order valence-corrected chi connectivity index (χ3v) is 7.62. The third-order valence-electron chi connectivity index (χ3n) is 7.62. The van der Waals surface area contributed by atoms with Crippen molar-refractivity contribution in [3.05, 3.63) is 99.4 Å². The Kier molecular flexibility index (Phi) is 5.73. The Hall–Kier alpha value is -3.31. The summed E-state index contributed by atoms with van der Waals surface area (Å²) >= 11 is 0. The minimum absolute atomic E-state index is 0.267. The molecule has 5 heteroatoms. The molecule has 2 aromatic carbocycles. The van der Waals surface area contributed by atoms with Crippen LogP contribution >= 0.6 is 0 Å². The molecule has 1 saturated heterocycles. The van der Waals surface area contributed by atoms with Gasteiger partial charge in [0.05, 0.1) is 18.7 Å². The van der Waals surface area contributed by atoms with Crippen LogP contribution in [-0.4, -0.2) is 45.5 Å². The smallest absolute Gasteiger partial charge is 0.227 e. The number of pyridine rings is 1. The summed E-state index contributed by atoms with van der Waals surface area (Å²) in [5.74, 6) is 0.267. The maximum atomic E-state index is 13.3. The Labute approximate surface area is 207 Å². The average Bonchev–Trinajstić information content (AvgIpc) is 3.25. The molecule has 5 nitrogen and oxygen atoms in total. The highest BCUT2D eigenvalue weighted by atomic mass is 16.2. The molecule has 0 aliphatic carbocycles. The quantitative estimate of drug-likeness (QED) is 0.567. The lowest BCUT2D eigenvalue weighted by Gasteiger charge is -2.41. The lowest BCUT2D eigenvalue weighted by molar-refractivity contribution is -0.135. The Balaban J connectivity index is 1.23. The number of fused-ring (bicyclic) bond motifs is 2. The van der Waals surface area contributed by atoms with Crippen LogP contribution in [0.3, 0.4) is 0 Å². The molecular formula is C30H32N4O. The topological polar surface area (TPSA) is 48.8 Å². The number of amides is 1. The minimum Gasteiger partial charge on any atom is -0.334 e. The maximum Gasteiger partial charge on any atom is 0.227 e. The van der Waals surface area contributed by atoms with Crippen molar-refractivity contribution in [2.24, 2.45) is 4.99 Å². The predicted octanol–water partition coefficient (Wildman–Crippen LogP) is 4.60. The van der Waals surface area contributed by atoms with E-state index in [9.17, 15) is 4.79 Å². The fourth-order valence-corrected chi connectivity index (χ4v) is 6.01. The molecule has 3 aliphatic rings. The van der Waals surface area contributed by atoms with Crippen LogP contribution in [0.15, 0.2) is 59.6 Å². The van der Waals surface area contributed by atoms with Crippen LogP contribution in [0.4, 0.5) is 0 Å². The van der Waals surface area contributed by atoms with Gasteiger partial charge < -0.3 is 4.90 Å². The van der Waals surface area contributed by atoms with Crippen molar-refractivity contribution in [2.75, 3.05) is 13.1 Å². The van der Waals surface area contributed by atoms with Crippen molar-refractivity contribution >= 4 is 11.6 Å². The zero-order chi connectivity index (χ0) is 23.9.